The highest BCUT2D eigenvalue weighted by Gasteiger charge is 2.26. The molecule has 0 spiro atoms. The van der Waals surface area contributed by atoms with E-state index in [2.05, 4.69) is 5.32 Å². The number of primary sulfonamides is 1. The topological polar surface area (TPSA) is 116 Å². The average molecular weight is 439 g/mol. The molecule has 0 saturated heterocycles. The Kier molecular flexibility index (Phi) is 6.53. The Morgan fingerprint density at radius 3 is 2.19 bits per heavy atom. The van der Waals surface area contributed by atoms with Crippen molar-refractivity contribution >= 4 is 27.6 Å². The molecular weight excluding hydrogens is 416 g/mol. The molecule has 160 valence electrons. The SMILES string of the molecule is Cc1ccc(C)c(NC(=O)C(OC(=O)c2ccc(S(N)(=O)=O)cc2)c2ccccc2)c1. The van der Waals surface area contributed by atoms with Gasteiger partial charge in [0.15, 0.2) is 0 Å². The van der Waals surface area contributed by atoms with Gasteiger partial charge in [-0.25, -0.2) is 18.4 Å². The molecule has 0 aromatic heterocycles. The number of amides is 1. The van der Waals surface area contributed by atoms with Crippen LogP contribution in [0, 0.1) is 13.8 Å². The zero-order chi connectivity index (χ0) is 22.6. The van der Waals surface area contributed by atoms with E-state index in [1.807, 2.05) is 32.0 Å². The average Bonchev–Trinajstić information content (AvgIpc) is 2.74. The Labute approximate surface area is 180 Å². The molecule has 3 rings (SSSR count). The number of hydrogen-bond donors (Lipinski definition) is 2. The molecule has 0 fully saturated rings. The van der Waals surface area contributed by atoms with Crippen LogP contribution in [0.15, 0.2) is 77.7 Å². The third kappa shape index (κ3) is 5.56. The van der Waals surface area contributed by atoms with E-state index in [9.17, 15) is 18.0 Å². The Hall–Kier alpha value is -3.49. The number of esters is 1. The predicted molar refractivity (Wildman–Crippen MR) is 117 cm³/mol. The van der Waals surface area contributed by atoms with Gasteiger partial charge in [-0.05, 0) is 55.3 Å². The number of hydrogen-bond acceptors (Lipinski definition) is 5. The quantitative estimate of drug-likeness (QED) is 0.572. The van der Waals surface area contributed by atoms with Gasteiger partial charge < -0.3 is 10.1 Å². The minimum atomic E-state index is -3.88. The summed E-state index contributed by atoms with van der Waals surface area (Å²) in [6, 6.07) is 19.3. The number of sulfonamides is 1. The largest absolute Gasteiger partial charge is 0.444 e. The highest BCUT2D eigenvalue weighted by Crippen LogP contribution is 2.24. The van der Waals surface area contributed by atoms with Gasteiger partial charge in [0.1, 0.15) is 0 Å². The minimum absolute atomic E-state index is 0.0906. The standard InChI is InChI=1S/C23H22N2O5S/c1-15-8-9-16(2)20(14-15)25-22(26)21(17-6-4-3-5-7-17)30-23(27)18-10-12-19(13-11-18)31(24,28)29/h3-14,21H,1-2H3,(H,25,26)(H2,24,28,29). The molecule has 0 heterocycles. The fraction of sp³-hybridized carbons (Fsp3) is 0.130. The number of aryl methyl sites for hydroxylation is 2. The maximum atomic E-state index is 13.0. The van der Waals surface area contributed by atoms with E-state index in [4.69, 9.17) is 9.88 Å². The number of carbonyl (C=O) groups excluding carboxylic acids is 2. The van der Waals surface area contributed by atoms with E-state index >= 15 is 0 Å². The summed E-state index contributed by atoms with van der Waals surface area (Å²) in [6.45, 7) is 3.78. The van der Waals surface area contributed by atoms with Crippen molar-refractivity contribution in [2.45, 2.75) is 24.8 Å². The Morgan fingerprint density at radius 2 is 1.58 bits per heavy atom. The van der Waals surface area contributed by atoms with E-state index in [1.165, 1.54) is 24.3 Å². The number of nitrogens with one attached hydrogen (secondary N) is 1. The second-order valence-corrected chi connectivity index (χ2v) is 8.63. The van der Waals surface area contributed by atoms with E-state index in [0.717, 1.165) is 11.1 Å². The Morgan fingerprint density at radius 1 is 0.935 bits per heavy atom. The lowest BCUT2D eigenvalue weighted by molar-refractivity contribution is -0.125. The summed E-state index contributed by atoms with van der Waals surface area (Å²) in [5.74, 6) is -1.28. The monoisotopic (exact) mass is 438 g/mol. The van der Waals surface area contributed by atoms with E-state index in [0.29, 0.717) is 11.3 Å². The Balaban J connectivity index is 1.86. The van der Waals surface area contributed by atoms with Crippen LogP contribution in [0.4, 0.5) is 5.69 Å². The van der Waals surface area contributed by atoms with Gasteiger partial charge >= 0.3 is 5.97 Å². The summed E-state index contributed by atoms with van der Waals surface area (Å²) in [5, 5.41) is 7.90. The fourth-order valence-electron chi connectivity index (χ4n) is 2.93. The summed E-state index contributed by atoms with van der Waals surface area (Å²) in [4.78, 5) is 25.6. The molecule has 8 heteroatoms. The molecule has 0 saturated carbocycles. The molecule has 0 aliphatic carbocycles. The molecule has 7 nitrogen and oxygen atoms in total. The van der Waals surface area contributed by atoms with Gasteiger partial charge in [0.2, 0.25) is 16.1 Å². The zero-order valence-corrected chi connectivity index (χ0v) is 17.8. The normalized spacial score (nSPS) is 12.1. The molecule has 31 heavy (non-hydrogen) atoms. The van der Waals surface area contributed by atoms with Crippen molar-refractivity contribution in [1.82, 2.24) is 0 Å². The lowest BCUT2D eigenvalue weighted by Gasteiger charge is -2.19. The molecule has 1 atom stereocenters. The number of carbonyl (C=O) groups is 2. The van der Waals surface area contributed by atoms with Gasteiger partial charge in [0.25, 0.3) is 5.91 Å². The molecule has 0 bridgehead atoms. The van der Waals surface area contributed by atoms with Gasteiger partial charge in [0, 0.05) is 11.3 Å². The van der Waals surface area contributed by atoms with Crippen LogP contribution in [0.2, 0.25) is 0 Å². The first-order chi connectivity index (χ1) is 14.6. The maximum Gasteiger partial charge on any atom is 0.339 e. The number of rotatable bonds is 6. The van der Waals surface area contributed by atoms with Crippen molar-refractivity contribution in [1.29, 1.82) is 0 Å². The minimum Gasteiger partial charge on any atom is -0.444 e. The second-order valence-electron chi connectivity index (χ2n) is 7.07. The highest BCUT2D eigenvalue weighted by molar-refractivity contribution is 7.89. The third-order valence-electron chi connectivity index (χ3n) is 4.63. The van der Waals surface area contributed by atoms with Crippen molar-refractivity contribution in [3.63, 3.8) is 0 Å². The number of anilines is 1. The lowest BCUT2D eigenvalue weighted by Crippen LogP contribution is -2.26. The van der Waals surface area contributed by atoms with Crippen LogP contribution < -0.4 is 10.5 Å². The predicted octanol–water partition coefficient (Wildman–Crippen LogP) is 3.49. The van der Waals surface area contributed by atoms with Crippen molar-refractivity contribution < 1.29 is 22.7 Å². The summed E-state index contributed by atoms with van der Waals surface area (Å²) in [7, 11) is -3.88. The molecular formula is C23H22N2O5S. The van der Waals surface area contributed by atoms with Gasteiger partial charge in [-0.1, -0.05) is 42.5 Å². The number of ether oxygens (including phenoxy) is 1. The molecule has 0 aliphatic heterocycles. The van der Waals surface area contributed by atoms with E-state index < -0.39 is 28.0 Å². The molecule has 3 aromatic carbocycles. The highest BCUT2D eigenvalue weighted by atomic mass is 32.2. The van der Waals surface area contributed by atoms with Gasteiger partial charge in [-0.2, -0.15) is 0 Å². The smallest absolute Gasteiger partial charge is 0.339 e. The van der Waals surface area contributed by atoms with Crippen molar-refractivity contribution in [2.75, 3.05) is 5.32 Å². The maximum absolute atomic E-state index is 13.0. The summed E-state index contributed by atoms with van der Waals surface area (Å²) >= 11 is 0. The molecule has 1 amide bonds. The van der Waals surface area contributed by atoms with E-state index in [1.54, 1.807) is 30.3 Å². The van der Waals surface area contributed by atoms with E-state index in [-0.39, 0.29) is 10.5 Å². The molecule has 3 aromatic rings. The van der Waals surface area contributed by atoms with Crippen LogP contribution in [0.1, 0.15) is 33.2 Å². The number of nitrogens with two attached hydrogens (primary N) is 1. The molecule has 3 N–H and O–H groups in total. The van der Waals surface area contributed by atoms with Crippen LogP contribution in [0.25, 0.3) is 0 Å². The molecule has 0 radical (unpaired) electrons. The van der Waals surface area contributed by atoms with Crippen molar-refractivity contribution in [2.24, 2.45) is 5.14 Å². The first kappa shape index (κ1) is 22.2. The first-order valence-electron chi connectivity index (χ1n) is 9.42. The summed E-state index contributed by atoms with van der Waals surface area (Å²) < 4.78 is 28.3. The zero-order valence-electron chi connectivity index (χ0n) is 17.0. The summed E-state index contributed by atoms with van der Waals surface area (Å²) in [6.07, 6.45) is -1.20. The van der Waals surface area contributed by atoms with Crippen LogP contribution in [0.5, 0.6) is 0 Å². The molecule has 0 aliphatic rings. The van der Waals surface area contributed by atoms with Crippen LogP contribution in [0.3, 0.4) is 0 Å². The first-order valence-corrected chi connectivity index (χ1v) is 11.0. The lowest BCUT2D eigenvalue weighted by atomic mass is 10.1. The van der Waals surface area contributed by atoms with Crippen LogP contribution in [-0.4, -0.2) is 20.3 Å². The van der Waals surface area contributed by atoms with Crippen LogP contribution >= 0.6 is 0 Å². The van der Waals surface area contributed by atoms with Crippen molar-refractivity contribution in [3.8, 4) is 0 Å². The third-order valence-corrected chi connectivity index (χ3v) is 5.56. The summed E-state index contributed by atoms with van der Waals surface area (Å²) in [5.41, 5.74) is 3.06. The second kappa shape index (κ2) is 9.11. The van der Waals surface area contributed by atoms with Crippen LogP contribution in [-0.2, 0) is 19.6 Å². The van der Waals surface area contributed by atoms with Crippen molar-refractivity contribution in [3.05, 3.63) is 95.1 Å². The molecule has 1 unspecified atom stereocenters. The van der Waals surface area contributed by atoms with Gasteiger partial charge in [0.05, 0.1) is 10.5 Å². The Bertz CT molecular complexity index is 1210. The fourth-order valence-corrected chi connectivity index (χ4v) is 3.44. The van der Waals surface area contributed by atoms with Gasteiger partial charge in [-0.3, -0.25) is 4.79 Å². The number of benzene rings is 3. The van der Waals surface area contributed by atoms with Gasteiger partial charge in [-0.15, -0.1) is 0 Å².